The lowest BCUT2D eigenvalue weighted by Gasteiger charge is -2.23. The monoisotopic (exact) mass is 322 g/mol. The average molecular weight is 323 g/mol. The second kappa shape index (κ2) is 6.10. The molecule has 1 aliphatic heterocycles. The fourth-order valence-electron chi connectivity index (χ4n) is 3.25. The smallest absolute Gasteiger partial charge is 0.272 e. The van der Waals surface area contributed by atoms with Gasteiger partial charge in [0, 0.05) is 30.8 Å². The first-order valence-electron chi connectivity index (χ1n) is 7.43. The minimum atomic E-state index is -0.108. The molecule has 2 aliphatic rings. The van der Waals surface area contributed by atoms with Crippen molar-refractivity contribution < 1.29 is 4.79 Å². The normalized spacial score (nSPS) is 19.7. The second-order valence-electron chi connectivity index (χ2n) is 5.68. The number of aromatic amines is 2. The molecule has 0 saturated heterocycles. The molecule has 0 fully saturated rings. The Morgan fingerprint density at radius 2 is 2.23 bits per heavy atom. The minimum Gasteiger partial charge on any atom is -0.342 e. The zero-order chi connectivity index (χ0) is 14.2. The van der Waals surface area contributed by atoms with E-state index >= 15 is 0 Å². The SMILES string of the molecule is Cl.O=C(NC1CCCc2cn[nH]c21)c1n[nH]c2c1CNCC2. The van der Waals surface area contributed by atoms with E-state index in [1.54, 1.807) is 0 Å². The largest absolute Gasteiger partial charge is 0.342 e. The van der Waals surface area contributed by atoms with Gasteiger partial charge in [0.15, 0.2) is 5.69 Å². The number of nitrogens with zero attached hydrogens (tertiary/aromatic N) is 2. The van der Waals surface area contributed by atoms with Crippen molar-refractivity contribution >= 4 is 18.3 Å². The fraction of sp³-hybridized carbons (Fsp3) is 0.500. The van der Waals surface area contributed by atoms with Crippen LogP contribution in [0.1, 0.15) is 51.9 Å². The van der Waals surface area contributed by atoms with Gasteiger partial charge in [0.25, 0.3) is 5.91 Å². The summed E-state index contributed by atoms with van der Waals surface area (Å²) in [5, 5.41) is 20.7. The Hall–Kier alpha value is -1.86. The van der Waals surface area contributed by atoms with Crippen LogP contribution in [0.5, 0.6) is 0 Å². The van der Waals surface area contributed by atoms with Crippen molar-refractivity contribution in [2.75, 3.05) is 6.54 Å². The van der Waals surface area contributed by atoms with Crippen molar-refractivity contribution in [1.82, 2.24) is 31.0 Å². The Bertz CT molecular complexity index is 679. The van der Waals surface area contributed by atoms with Crippen molar-refractivity contribution in [3.05, 3.63) is 34.4 Å². The molecule has 7 nitrogen and oxygen atoms in total. The van der Waals surface area contributed by atoms with Gasteiger partial charge < -0.3 is 10.6 Å². The molecule has 8 heteroatoms. The maximum Gasteiger partial charge on any atom is 0.272 e. The highest BCUT2D eigenvalue weighted by Gasteiger charge is 2.27. The van der Waals surface area contributed by atoms with Gasteiger partial charge in [0.05, 0.1) is 17.9 Å². The van der Waals surface area contributed by atoms with Gasteiger partial charge in [-0.1, -0.05) is 0 Å². The highest BCUT2D eigenvalue weighted by atomic mass is 35.5. The van der Waals surface area contributed by atoms with Gasteiger partial charge >= 0.3 is 0 Å². The average Bonchev–Trinajstić information content (AvgIpc) is 3.14. The molecule has 22 heavy (non-hydrogen) atoms. The van der Waals surface area contributed by atoms with E-state index in [1.807, 2.05) is 6.20 Å². The Labute approximate surface area is 134 Å². The summed E-state index contributed by atoms with van der Waals surface area (Å²) in [6, 6.07) is 0.00708. The summed E-state index contributed by atoms with van der Waals surface area (Å²) in [5.74, 6) is -0.108. The molecule has 1 atom stereocenters. The van der Waals surface area contributed by atoms with Crippen LogP contribution in [0, 0.1) is 0 Å². The lowest BCUT2D eigenvalue weighted by Crippen LogP contribution is -2.33. The highest BCUT2D eigenvalue weighted by molar-refractivity contribution is 5.94. The number of rotatable bonds is 2. The molecular weight excluding hydrogens is 304 g/mol. The van der Waals surface area contributed by atoms with Crippen molar-refractivity contribution in [3.8, 4) is 0 Å². The number of carbonyl (C=O) groups excluding carboxylic acids is 1. The third kappa shape index (κ3) is 2.50. The van der Waals surface area contributed by atoms with Gasteiger partial charge in [-0.05, 0) is 24.8 Å². The lowest BCUT2D eigenvalue weighted by atomic mass is 9.93. The topological polar surface area (TPSA) is 98.5 Å². The summed E-state index contributed by atoms with van der Waals surface area (Å²) >= 11 is 0. The first-order valence-corrected chi connectivity index (χ1v) is 7.43. The molecule has 3 heterocycles. The Morgan fingerprint density at radius 1 is 1.32 bits per heavy atom. The van der Waals surface area contributed by atoms with Crippen LogP contribution in [0.2, 0.25) is 0 Å². The zero-order valence-electron chi connectivity index (χ0n) is 12.1. The van der Waals surface area contributed by atoms with Gasteiger partial charge in [-0.25, -0.2) is 0 Å². The van der Waals surface area contributed by atoms with Crippen molar-refractivity contribution in [1.29, 1.82) is 0 Å². The van der Waals surface area contributed by atoms with Gasteiger partial charge in [0.1, 0.15) is 0 Å². The Kier molecular flexibility index (Phi) is 4.17. The molecule has 0 radical (unpaired) electrons. The molecule has 118 valence electrons. The first kappa shape index (κ1) is 15.1. The van der Waals surface area contributed by atoms with Crippen LogP contribution in [0.3, 0.4) is 0 Å². The summed E-state index contributed by atoms with van der Waals surface area (Å²) in [5.41, 5.74) is 4.84. The molecular formula is C14H19ClN6O. The fourth-order valence-corrected chi connectivity index (χ4v) is 3.25. The molecule has 1 aliphatic carbocycles. The Balaban J connectivity index is 0.00000144. The maximum atomic E-state index is 12.5. The summed E-state index contributed by atoms with van der Waals surface area (Å²) in [6.45, 7) is 1.63. The molecule has 1 unspecified atom stereocenters. The molecule has 0 aromatic carbocycles. The van der Waals surface area contributed by atoms with E-state index in [1.165, 1.54) is 5.56 Å². The summed E-state index contributed by atoms with van der Waals surface area (Å²) in [4.78, 5) is 12.5. The summed E-state index contributed by atoms with van der Waals surface area (Å²) < 4.78 is 0. The van der Waals surface area contributed by atoms with Crippen LogP contribution in [0.4, 0.5) is 0 Å². The van der Waals surface area contributed by atoms with Crippen molar-refractivity contribution in [2.45, 2.75) is 38.3 Å². The van der Waals surface area contributed by atoms with E-state index < -0.39 is 0 Å². The molecule has 0 saturated carbocycles. The van der Waals surface area contributed by atoms with Gasteiger partial charge in [0.2, 0.25) is 0 Å². The van der Waals surface area contributed by atoms with Crippen LogP contribution >= 0.6 is 12.4 Å². The number of carbonyl (C=O) groups is 1. The summed E-state index contributed by atoms with van der Waals surface area (Å²) in [7, 11) is 0. The highest BCUT2D eigenvalue weighted by Crippen LogP contribution is 2.28. The molecule has 0 bridgehead atoms. The predicted octanol–water partition coefficient (Wildman–Crippen LogP) is 1.01. The maximum absolute atomic E-state index is 12.5. The van der Waals surface area contributed by atoms with Gasteiger partial charge in [-0.2, -0.15) is 10.2 Å². The first-order chi connectivity index (χ1) is 10.3. The molecule has 2 aromatic heterocycles. The quantitative estimate of drug-likeness (QED) is 0.663. The number of halogens is 1. The molecule has 1 amide bonds. The molecule has 4 N–H and O–H groups in total. The van der Waals surface area contributed by atoms with E-state index in [0.29, 0.717) is 12.2 Å². The van der Waals surface area contributed by atoms with Crippen molar-refractivity contribution in [2.24, 2.45) is 0 Å². The zero-order valence-corrected chi connectivity index (χ0v) is 12.9. The van der Waals surface area contributed by atoms with Gasteiger partial charge in [-0.15, -0.1) is 12.4 Å². The summed E-state index contributed by atoms with van der Waals surface area (Å²) in [6.07, 6.45) is 5.78. The number of H-pyrrole nitrogens is 2. The van der Waals surface area contributed by atoms with E-state index in [0.717, 1.165) is 49.2 Å². The number of aromatic nitrogens is 4. The van der Waals surface area contributed by atoms with Gasteiger partial charge in [-0.3, -0.25) is 15.0 Å². The molecule has 2 aromatic rings. The van der Waals surface area contributed by atoms with E-state index in [-0.39, 0.29) is 24.4 Å². The number of amides is 1. The number of fused-ring (bicyclic) bond motifs is 2. The minimum absolute atomic E-state index is 0. The number of nitrogens with one attached hydrogen (secondary N) is 4. The van der Waals surface area contributed by atoms with Crippen LogP contribution in [0.15, 0.2) is 6.20 Å². The van der Waals surface area contributed by atoms with Crippen molar-refractivity contribution in [3.63, 3.8) is 0 Å². The standard InChI is InChI=1S/C14H18N6O.ClH/c21-14(13-9-7-15-5-4-10(9)18-20-13)17-11-3-1-2-8-6-16-19-12(8)11;/h6,11,15H,1-5,7H2,(H,16,19)(H,17,21)(H,18,20);1H. The number of aryl methyl sites for hydroxylation is 1. The van der Waals surface area contributed by atoms with E-state index in [2.05, 4.69) is 31.0 Å². The van der Waals surface area contributed by atoms with E-state index in [9.17, 15) is 4.79 Å². The van der Waals surface area contributed by atoms with Crippen LogP contribution < -0.4 is 10.6 Å². The third-order valence-electron chi connectivity index (χ3n) is 4.37. The van der Waals surface area contributed by atoms with E-state index in [4.69, 9.17) is 0 Å². The third-order valence-corrected chi connectivity index (χ3v) is 4.37. The van der Waals surface area contributed by atoms with Crippen LogP contribution in [0.25, 0.3) is 0 Å². The Morgan fingerprint density at radius 3 is 3.14 bits per heavy atom. The van der Waals surface area contributed by atoms with Crippen LogP contribution in [-0.4, -0.2) is 32.8 Å². The van der Waals surface area contributed by atoms with Crippen LogP contribution in [-0.2, 0) is 19.4 Å². The molecule has 4 rings (SSSR count). The molecule has 0 spiro atoms. The predicted molar refractivity (Wildman–Crippen MR) is 83.0 cm³/mol. The second-order valence-corrected chi connectivity index (χ2v) is 5.68. The lowest BCUT2D eigenvalue weighted by molar-refractivity contribution is 0.0925. The number of hydrogen-bond donors (Lipinski definition) is 4. The number of hydrogen-bond acceptors (Lipinski definition) is 4.